The highest BCUT2D eigenvalue weighted by Gasteiger charge is 2.18. The Balaban J connectivity index is 1.57. The van der Waals surface area contributed by atoms with Crippen molar-refractivity contribution in [3.05, 3.63) is 77.9 Å². The number of hydrogen-bond acceptors (Lipinski definition) is 6. The molecule has 0 saturated carbocycles. The van der Waals surface area contributed by atoms with Crippen LogP contribution in [0.2, 0.25) is 0 Å². The molecule has 0 bridgehead atoms. The summed E-state index contributed by atoms with van der Waals surface area (Å²) in [5.41, 5.74) is 1.93. The third-order valence-electron chi connectivity index (χ3n) is 4.11. The first-order chi connectivity index (χ1) is 14.3. The average molecular weight is 446 g/mol. The minimum Gasteiger partial charge on any atom is -0.320 e. The Kier molecular flexibility index (Phi) is 5.14. The normalized spacial score (nSPS) is 11.4. The summed E-state index contributed by atoms with van der Waals surface area (Å²) in [6.07, 6.45) is 0. The van der Waals surface area contributed by atoms with Crippen molar-refractivity contribution in [2.24, 2.45) is 0 Å². The number of amides is 1. The summed E-state index contributed by atoms with van der Waals surface area (Å²) in [7, 11) is -4.18. The van der Waals surface area contributed by atoms with Gasteiger partial charge in [-0.1, -0.05) is 12.1 Å². The van der Waals surface area contributed by atoms with Gasteiger partial charge in [0, 0.05) is 11.3 Å². The molecule has 0 aliphatic carbocycles. The van der Waals surface area contributed by atoms with Gasteiger partial charge in [-0.05, 0) is 48.5 Å². The van der Waals surface area contributed by atoms with E-state index >= 15 is 0 Å². The first-order valence-electron chi connectivity index (χ1n) is 8.44. The van der Waals surface area contributed by atoms with Crippen LogP contribution in [0.1, 0.15) is 10.4 Å². The van der Waals surface area contributed by atoms with Crippen molar-refractivity contribution in [1.29, 1.82) is 0 Å². The monoisotopic (exact) mass is 446 g/mol. The van der Waals surface area contributed by atoms with Gasteiger partial charge in [0.2, 0.25) is 0 Å². The van der Waals surface area contributed by atoms with Crippen LogP contribution in [0.4, 0.5) is 20.2 Å². The minimum atomic E-state index is -4.18. The first-order valence-corrected chi connectivity index (χ1v) is 10.7. The molecule has 0 saturated heterocycles. The lowest BCUT2D eigenvalue weighted by atomic mass is 10.2. The van der Waals surface area contributed by atoms with Gasteiger partial charge in [-0.2, -0.15) is 8.75 Å². The standard InChI is InChI=1S/C19H12F2N4O3S2/c20-14-8-7-13(10-15(14)21)30(27,28)25-12-4-1-3-11(9-12)19(26)22-16-5-2-6-17-18(16)24-29-23-17/h1-10,25H,(H,22,26). The number of nitrogens with zero attached hydrogens (tertiary/aromatic N) is 2. The van der Waals surface area contributed by atoms with Gasteiger partial charge in [0.25, 0.3) is 15.9 Å². The van der Waals surface area contributed by atoms with Gasteiger partial charge in [0.05, 0.1) is 22.3 Å². The Bertz CT molecular complexity index is 1370. The predicted octanol–water partition coefficient (Wildman–Crippen LogP) is 4.02. The molecule has 152 valence electrons. The molecule has 0 fully saturated rings. The van der Waals surface area contributed by atoms with E-state index in [4.69, 9.17) is 0 Å². The lowest BCUT2D eigenvalue weighted by Crippen LogP contribution is -2.15. The molecule has 2 N–H and O–H groups in total. The number of rotatable bonds is 5. The van der Waals surface area contributed by atoms with Crippen molar-refractivity contribution in [2.45, 2.75) is 4.90 Å². The number of benzene rings is 3. The quantitative estimate of drug-likeness (QED) is 0.482. The number of halogens is 2. The summed E-state index contributed by atoms with van der Waals surface area (Å²) in [5, 5.41) is 2.72. The van der Waals surface area contributed by atoms with Crippen LogP contribution in [-0.2, 0) is 10.0 Å². The molecule has 4 aromatic rings. The number of anilines is 2. The maximum atomic E-state index is 13.4. The maximum Gasteiger partial charge on any atom is 0.261 e. The second kappa shape index (κ2) is 7.76. The van der Waals surface area contributed by atoms with Gasteiger partial charge in [-0.25, -0.2) is 17.2 Å². The highest BCUT2D eigenvalue weighted by Crippen LogP contribution is 2.23. The Morgan fingerprint density at radius 3 is 2.53 bits per heavy atom. The van der Waals surface area contributed by atoms with E-state index < -0.39 is 32.5 Å². The number of carbonyl (C=O) groups is 1. The number of sulfonamides is 1. The number of aromatic nitrogens is 2. The molecule has 0 aliphatic rings. The number of nitrogens with one attached hydrogen (secondary N) is 2. The van der Waals surface area contributed by atoms with E-state index in [1.54, 1.807) is 18.2 Å². The van der Waals surface area contributed by atoms with E-state index in [0.717, 1.165) is 23.9 Å². The predicted molar refractivity (Wildman–Crippen MR) is 109 cm³/mol. The van der Waals surface area contributed by atoms with Crippen LogP contribution in [0.3, 0.4) is 0 Å². The van der Waals surface area contributed by atoms with Crippen LogP contribution >= 0.6 is 11.7 Å². The van der Waals surface area contributed by atoms with E-state index in [1.165, 1.54) is 24.3 Å². The topological polar surface area (TPSA) is 101 Å². The van der Waals surface area contributed by atoms with Crippen molar-refractivity contribution >= 4 is 50.1 Å². The number of hydrogen-bond donors (Lipinski definition) is 2. The zero-order valence-corrected chi connectivity index (χ0v) is 16.6. The summed E-state index contributed by atoms with van der Waals surface area (Å²) < 4.78 is 61.8. The fourth-order valence-corrected chi connectivity index (χ4v) is 4.29. The van der Waals surface area contributed by atoms with Crippen molar-refractivity contribution < 1.29 is 22.0 Å². The fraction of sp³-hybridized carbons (Fsp3) is 0. The molecule has 1 heterocycles. The minimum absolute atomic E-state index is 0.0842. The SMILES string of the molecule is O=C(Nc1cccc2nsnc12)c1cccc(NS(=O)(=O)c2ccc(F)c(F)c2)c1. The van der Waals surface area contributed by atoms with Crippen LogP contribution < -0.4 is 10.0 Å². The van der Waals surface area contributed by atoms with Gasteiger partial charge in [-0.3, -0.25) is 9.52 Å². The molecule has 11 heteroatoms. The summed E-state index contributed by atoms with van der Waals surface area (Å²) in [5.74, 6) is -2.92. The molecule has 0 radical (unpaired) electrons. The molecule has 0 atom stereocenters. The lowest BCUT2D eigenvalue weighted by molar-refractivity contribution is 0.102. The van der Waals surface area contributed by atoms with E-state index in [9.17, 15) is 22.0 Å². The van der Waals surface area contributed by atoms with Crippen molar-refractivity contribution in [1.82, 2.24) is 8.75 Å². The van der Waals surface area contributed by atoms with Crippen molar-refractivity contribution in [3.8, 4) is 0 Å². The van der Waals surface area contributed by atoms with E-state index in [2.05, 4.69) is 18.8 Å². The first kappa shape index (κ1) is 19.9. The van der Waals surface area contributed by atoms with E-state index in [0.29, 0.717) is 22.8 Å². The zero-order valence-electron chi connectivity index (χ0n) is 15.0. The molecule has 30 heavy (non-hydrogen) atoms. The van der Waals surface area contributed by atoms with Crippen LogP contribution in [0.5, 0.6) is 0 Å². The molecule has 4 rings (SSSR count). The van der Waals surface area contributed by atoms with E-state index in [-0.39, 0.29) is 11.3 Å². The number of fused-ring (bicyclic) bond motifs is 1. The van der Waals surface area contributed by atoms with Crippen LogP contribution in [0, 0.1) is 11.6 Å². The fourth-order valence-electron chi connectivity index (χ4n) is 2.68. The van der Waals surface area contributed by atoms with Gasteiger partial charge >= 0.3 is 0 Å². The van der Waals surface area contributed by atoms with Gasteiger partial charge in [-0.15, -0.1) is 0 Å². The second-order valence-electron chi connectivity index (χ2n) is 6.15. The third-order valence-corrected chi connectivity index (χ3v) is 6.03. The molecule has 1 aromatic heterocycles. The molecule has 1 amide bonds. The largest absolute Gasteiger partial charge is 0.320 e. The zero-order chi connectivity index (χ0) is 21.3. The molecule has 0 aliphatic heterocycles. The highest BCUT2D eigenvalue weighted by atomic mass is 32.2. The summed E-state index contributed by atoms with van der Waals surface area (Å²) in [4.78, 5) is 12.2. The van der Waals surface area contributed by atoms with Gasteiger partial charge in [0.1, 0.15) is 11.0 Å². The maximum absolute atomic E-state index is 13.4. The average Bonchev–Trinajstić information content (AvgIpc) is 3.20. The van der Waals surface area contributed by atoms with Crippen molar-refractivity contribution in [2.75, 3.05) is 10.0 Å². The van der Waals surface area contributed by atoms with Gasteiger partial charge < -0.3 is 5.32 Å². The molecule has 0 unspecified atom stereocenters. The molecule has 7 nitrogen and oxygen atoms in total. The Morgan fingerprint density at radius 1 is 0.933 bits per heavy atom. The Labute approximate surface area is 173 Å². The van der Waals surface area contributed by atoms with Crippen LogP contribution in [0.15, 0.2) is 65.6 Å². The van der Waals surface area contributed by atoms with Crippen LogP contribution in [-0.4, -0.2) is 23.1 Å². The summed E-state index contributed by atoms with van der Waals surface area (Å²) in [6.45, 7) is 0. The van der Waals surface area contributed by atoms with E-state index in [1.807, 2.05) is 0 Å². The number of carbonyl (C=O) groups excluding carboxylic acids is 1. The van der Waals surface area contributed by atoms with Crippen molar-refractivity contribution in [3.63, 3.8) is 0 Å². The smallest absolute Gasteiger partial charge is 0.261 e. The summed E-state index contributed by atoms with van der Waals surface area (Å²) >= 11 is 1.02. The third kappa shape index (κ3) is 3.98. The molecule has 0 spiro atoms. The molecule has 3 aromatic carbocycles. The lowest BCUT2D eigenvalue weighted by Gasteiger charge is -2.10. The Hall–Kier alpha value is -3.44. The van der Waals surface area contributed by atoms with Gasteiger partial charge in [0.15, 0.2) is 11.6 Å². The summed E-state index contributed by atoms with van der Waals surface area (Å²) in [6, 6.07) is 13.2. The Morgan fingerprint density at radius 2 is 1.73 bits per heavy atom. The molecular formula is C19H12F2N4O3S2. The molecular weight excluding hydrogens is 434 g/mol. The highest BCUT2D eigenvalue weighted by molar-refractivity contribution is 7.92. The second-order valence-corrected chi connectivity index (χ2v) is 8.36. The van der Waals surface area contributed by atoms with Crippen LogP contribution in [0.25, 0.3) is 11.0 Å².